The third-order valence-corrected chi connectivity index (χ3v) is 3.56. The molecule has 1 fully saturated rings. The van der Waals surface area contributed by atoms with E-state index >= 15 is 0 Å². The van der Waals surface area contributed by atoms with Gasteiger partial charge in [0.15, 0.2) is 0 Å². The van der Waals surface area contributed by atoms with E-state index in [-0.39, 0.29) is 0 Å². The summed E-state index contributed by atoms with van der Waals surface area (Å²) in [6.45, 7) is 1.79. The van der Waals surface area contributed by atoms with Gasteiger partial charge in [-0.25, -0.2) is 4.98 Å². The minimum Gasteiger partial charge on any atom is -0.497 e. The Morgan fingerprint density at radius 1 is 1.44 bits per heavy atom. The van der Waals surface area contributed by atoms with Gasteiger partial charge in [-0.15, -0.1) is 0 Å². The topological polar surface area (TPSA) is 35.8 Å². The van der Waals surface area contributed by atoms with Crippen LogP contribution in [0.1, 0.15) is 18.5 Å². The first-order chi connectivity index (χ1) is 8.85. The fourth-order valence-corrected chi connectivity index (χ4v) is 2.49. The lowest BCUT2D eigenvalue weighted by Gasteiger charge is -2.20. The Kier molecular flexibility index (Phi) is 3.19. The van der Waals surface area contributed by atoms with Gasteiger partial charge in [-0.3, -0.25) is 0 Å². The number of hydrogen-bond donors (Lipinski definition) is 0. The molecule has 3 heterocycles. The van der Waals surface area contributed by atoms with Crippen molar-refractivity contribution >= 4 is 5.65 Å². The Morgan fingerprint density at radius 2 is 2.28 bits per heavy atom. The van der Waals surface area contributed by atoms with E-state index in [0.29, 0.717) is 5.92 Å². The minimum atomic E-state index is 0.713. The molecule has 1 aliphatic heterocycles. The molecule has 2 aromatic rings. The molecule has 0 amide bonds. The number of nitrogens with zero attached hydrogens (tertiary/aromatic N) is 2. The standard InChI is InChI=1S/C14H18N2O2/c1-17-13-2-5-16-10-12(15-14(16)9-13)8-11-3-6-18-7-4-11/h2,5,9-11H,3-4,6-8H2,1H3. The van der Waals surface area contributed by atoms with Gasteiger partial charge in [0.2, 0.25) is 0 Å². The Labute approximate surface area is 107 Å². The lowest BCUT2D eigenvalue weighted by atomic mass is 9.95. The fraction of sp³-hybridized carbons (Fsp3) is 0.500. The molecule has 0 atom stereocenters. The normalized spacial score (nSPS) is 17.2. The first kappa shape index (κ1) is 11.5. The number of rotatable bonds is 3. The molecule has 3 rings (SSSR count). The zero-order valence-corrected chi connectivity index (χ0v) is 10.6. The van der Waals surface area contributed by atoms with E-state index in [1.807, 2.05) is 18.3 Å². The molecule has 4 nitrogen and oxygen atoms in total. The van der Waals surface area contributed by atoms with Crippen molar-refractivity contribution in [2.45, 2.75) is 19.3 Å². The lowest BCUT2D eigenvalue weighted by molar-refractivity contribution is 0.0663. The summed E-state index contributed by atoms with van der Waals surface area (Å²) in [4.78, 5) is 4.66. The van der Waals surface area contributed by atoms with Crippen molar-refractivity contribution in [1.29, 1.82) is 0 Å². The second kappa shape index (κ2) is 4.98. The van der Waals surface area contributed by atoms with Crippen LogP contribution in [-0.2, 0) is 11.2 Å². The van der Waals surface area contributed by atoms with Gasteiger partial charge in [0, 0.05) is 31.7 Å². The van der Waals surface area contributed by atoms with Gasteiger partial charge in [0.1, 0.15) is 11.4 Å². The van der Waals surface area contributed by atoms with Crippen LogP contribution in [0, 0.1) is 5.92 Å². The number of methoxy groups -OCH3 is 1. The van der Waals surface area contributed by atoms with E-state index in [4.69, 9.17) is 9.47 Å². The van der Waals surface area contributed by atoms with E-state index in [9.17, 15) is 0 Å². The molecule has 4 heteroatoms. The van der Waals surface area contributed by atoms with Crippen molar-refractivity contribution in [2.75, 3.05) is 20.3 Å². The summed E-state index contributed by atoms with van der Waals surface area (Å²) < 4.78 is 12.6. The van der Waals surface area contributed by atoms with Crippen LogP contribution in [0.15, 0.2) is 24.5 Å². The fourth-order valence-electron chi connectivity index (χ4n) is 2.49. The predicted molar refractivity (Wildman–Crippen MR) is 69.0 cm³/mol. The quantitative estimate of drug-likeness (QED) is 0.833. The van der Waals surface area contributed by atoms with Gasteiger partial charge in [-0.1, -0.05) is 0 Å². The van der Waals surface area contributed by atoms with E-state index in [0.717, 1.165) is 49.6 Å². The summed E-state index contributed by atoms with van der Waals surface area (Å²) in [6, 6.07) is 3.92. The molecule has 0 radical (unpaired) electrons. The Morgan fingerprint density at radius 3 is 3.06 bits per heavy atom. The van der Waals surface area contributed by atoms with Crippen LogP contribution in [0.3, 0.4) is 0 Å². The van der Waals surface area contributed by atoms with Crippen molar-refractivity contribution in [1.82, 2.24) is 9.38 Å². The van der Waals surface area contributed by atoms with Crippen LogP contribution >= 0.6 is 0 Å². The molecule has 0 saturated carbocycles. The highest BCUT2D eigenvalue weighted by Crippen LogP contribution is 2.21. The molecular weight excluding hydrogens is 228 g/mol. The highest BCUT2D eigenvalue weighted by atomic mass is 16.5. The maximum Gasteiger partial charge on any atom is 0.140 e. The molecule has 18 heavy (non-hydrogen) atoms. The van der Waals surface area contributed by atoms with Crippen molar-refractivity contribution < 1.29 is 9.47 Å². The predicted octanol–water partition coefficient (Wildman–Crippen LogP) is 2.31. The third-order valence-electron chi connectivity index (χ3n) is 3.56. The Bertz CT molecular complexity index is 530. The lowest BCUT2D eigenvalue weighted by Crippen LogP contribution is -2.17. The summed E-state index contributed by atoms with van der Waals surface area (Å²) in [5, 5.41) is 0. The second-order valence-electron chi connectivity index (χ2n) is 4.82. The van der Waals surface area contributed by atoms with Crippen molar-refractivity contribution in [3.8, 4) is 5.75 Å². The number of ether oxygens (including phenoxy) is 2. The number of pyridine rings is 1. The summed E-state index contributed by atoms with van der Waals surface area (Å²) in [5.41, 5.74) is 2.12. The smallest absolute Gasteiger partial charge is 0.140 e. The molecule has 96 valence electrons. The molecule has 0 unspecified atom stereocenters. The van der Waals surface area contributed by atoms with Crippen molar-refractivity contribution in [3.63, 3.8) is 0 Å². The van der Waals surface area contributed by atoms with Crippen LogP contribution in [-0.4, -0.2) is 29.7 Å². The van der Waals surface area contributed by atoms with Crippen molar-refractivity contribution in [3.05, 3.63) is 30.2 Å². The van der Waals surface area contributed by atoms with E-state index in [2.05, 4.69) is 15.6 Å². The van der Waals surface area contributed by atoms with Crippen molar-refractivity contribution in [2.24, 2.45) is 5.92 Å². The SMILES string of the molecule is COc1ccn2cc(CC3CCOCC3)nc2c1. The number of aromatic nitrogens is 2. The highest BCUT2D eigenvalue weighted by Gasteiger charge is 2.15. The van der Waals surface area contributed by atoms with E-state index in [1.165, 1.54) is 0 Å². The molecule has 0 aliphatic carbocycles. The van der Waals surface area contributed by atoms with E-state index < -0.39 is 0 Å². The molecular formula is C14H18N2O2. The summed E-state index contributed by atoms with van der Waals surface area (Å²) >= 11 is 0. The third kappa shape index (κ3) is 2.34. The second-order valence-corrected chi connectivity index (χ2v) is 4.82. The molecule has 0 N–H and O–H groups in total. The first-order valence-electron chi connectivity index (χ1n) is 6.44. The molecule has 2 aromatic heterocycles. The van der Waals surface area contributed by atoms with E-state index in [1.54, 1.807) is 7.11 Å². The summed E-state index contributed by atoms with van der Waals surface area (Å²) in [6.07, 6.45) is 7.46. The summed E-state index contributed by atoms with van der Waals surface area (Å²) in [7, 11) is 1.68. The van der Waals surface area contributed by atoms with Gasteiger partial charge in [-0.05, 0) is 31.2 Å². The monoisotopic (exact) mass is 246 g/mol. The van der Waals surface area contributed by atoms with Gasteiger partial charge in [0.05, 0.1) is 12.8 Å². The highest BCUT2D eigenvalue weighted by molar-refractivity contribution is 5.45. The summed E-state index contributed by atoms with van der Waals surface area (Å²) in [5.74, 6) is 1.57. The average Bonchev–Trinajstić information content (AvgIpc) is 2.80. The zero-order chi connectivity index (χ0) is 12.4. The van der Waals surface area contributed by atoms with Gasteiger partial charge in [0.25, 0.3) is 0 Å². The average molecular weight is 246 g/mol. The van der Waals surface area contributed by atoms with Crippen LogP contribution in [0.25, 0.3) is 5.65 Å². The molecule has 0 bridgehead atoms. The molecule has 1 aliphatic rings. The number of imidazole rings is 1. The zero-order valence-electron chi connectivity index (χ0n) is 10.6. The molecule has 0 aromatic carbocycles. The van der Waals surface area contributed by atoms with Crippen LogP contribution in [0.4, 0.5) is 0 Å². The van der Waals surface area contributed by atoms with Gasteiger partial charge >= 0.3 is 0 Å². The maximum absolute atomic E-state index is 5.38. The van der Waals surface area contributed by atoms with Gasteiger partial charge < -0.3 is 13.9 Å². The largest absolute Gasteiger partial charge is 0.497 e. The first-order valence-corrected chi connectivity index (χ1v) is 6.44. The van der Waals surface area contributed by atoms with Gasteiger partial charge in [-0.2, -0.15) is 0 Å². The number of fused-ring (bicyclic) bond motifs is 1. The Hall–Kier alpha value is -1.55. The maximum atomic E-state index is 5.38. The number of hydrogen-bond acceptors (Lipinski definition) is 3. The minimum absolute atomic E-state index is 0.713. The molecule has 0 spiro atoms. The van der Waals surface area contributed by atoms with Crippen LogP contribution in [0.5, 0.6) is 5.75 Å². The molecule has 1 saturated heterocycles. The van der Waals surface area contributed by atoms with Crippen LogP contribution < -0.4 is 4.74 Å². The Balaban J connectivity index is 1.79. The van der Waals surface area contributed by atoms with Crippen LogP contribution in [0.2, 0.25) is 0 Å².